The van der Waals surface area contributed by atoms with Crippen LogP contribution >= 0.6 is 0 Å². The summed E-state index contributed by atoms with van der Waals surface area (Å²) in [6.07, 6.45) is 5.27. The minimum Gasteiger partial charge on any atom is -0.352 e. The number of carbonyl (C=O) groups is 2. The van der Waals surface area contributed by atoms with Crippen LogP contribution in [0.4, 0.5) is 10.1 Å². The van der Waals surface area contributed by atoms with E-state index in [1.165, 1.54) is 18.2 Å². The van der Waals surface area contributed by atoms with Gasteiger partial charge in [-0.05, 0) is 54.0 Å². The highest BCUT2D eigenvalue weighted by atomic mass is 19.1. The summed E-state index contributed by atoms with van der Waals surface area (Å²) < 4.78 is 14.9. The van der Waals surface area contributed by atoms with Crippen molar-refractivity contribution in [2.24, 2.45) is 13.0 Å². The number of carbonyl (C=O) groups excluding carboxylic acids is 2. The molecule has 0 unspecified atom stereocenters. The van der Waals surface area contributed by atoms with Crippen LogP contribution in [0.3, 0.4) is 0 Å². The molecule has 3 rings (SSSR count). The zero-order chi connectivity index (χ0) is 23.1. The summed E-state index contributed by atoms with van der Waals surface area (Å²) in [7, 11) is 1.79. The molecule has 2 aromatic carbocycles. The fourth-order valence-electron chi connectivity index (χ4n) is 3.24. The predicted molar refractivity (Wildman–Crippen MR) is 124 cm³/mol. The number of halogens is 1. The predicted octanol–water partition coefficient (Wildman–Crippen LogP) is 4.54. The van der Waals surface area contributed by atoms with Crippen molar-refractivity contribution in [1.82, 2.24) is 15.1 Å². The Balaban J connectivity index is 1.59. The van der Waals surface area contributed by atoms with Gasteiger partial charge in [-0.25, -0.2) is 4.39 Å². The smallest absolute Gasteiger partial charge is 0.248 e. The summed E-state index contributed by atoms with van der Waals surface area (Å²) in [6, 6.07) is 13.5. The van der Waals surface area contributed by atoms with Gasteiger partial charge in [0.25, 0.3) is 0 Å². The maximum absolute atomic E-state index is 13.2. The number of amides is 2. The molecular weight excluding hydrogens is 407 g/mol. The van der Waals surface area contributed by atoms with Gasteiger partial charge in [0, 0.05) is 42.9 Å². The lowest BCUT2D eigenvalue weighted by Gasteiger charge is -2.08. The monoisotopic (exact) mass is 434 g/mol. The van der Waals surface area contributed by atoms with Crippen LogP contribution in [0.5, 0.6) is 0 Å². The van der Waals surface area contributed by atoms with E-state index in [1.807, 2.05) is 26.0 Å². The fraction of sp³-hybridized carbons (Fsp3) is 0.240. The number of nitrogens with zero attached hydrogens (tertiary/aromatic N) is 2. The zero-order valence-electron chi connectivity index (χ0n) is 18.4. The Bertz CT molecular complexity index is 1100. The lowest BCUT2D eigenvalue weighted by Crippen LogP contribution is -2.23. The second-order valence-electron chi connectivity index (χ2n) is 7.97. The average Bonchev–Trinajstić information content (AvgIpc) is 3.12. The molecule has 32 heavy (non-hydrogen) atoms. The van der Waals surface area contributed by atoms with E-state index in [0.717, 1.165) is 22.4 Å². The number of anilines is 1. The van der Waals surface area contributed by atoms with Crippen molar-refractivity contribution < 1.29 is 14.0 Å². The Morgan fingerprint density at radius 3 is 2.44 bits per heavy atom. The average molecular weight is 435 g/mol. The molecule has 0 fully saturated rings. The second kappa shape index (κ2) is 10.5. The van der Waals surface area contributed by atoms with Crippen molar-refractivity contribution in [3.8, 4) is 11.3 Å². The SMILES string of the molecule is CC(C)CC(=O)NCc1ccc(NC(=O)/C=C/c2cnn(C)c2-c2ccc(F)cc2)cc1. The van der Waals surface area contributed by atoms with Crippen LogP contribution in [-0.2, 0) is 23.2 Å². The molecule has 0 radical (unpaired) electrons. The van der Waals surface area contributed by atoms with Crippen LogP contribution in [0, 0.1) is 11.7 Å². The molecule has 0 saturated carbocycles. The van der Waals surface area contributed by atoms with Gasteiger partial charge in [0.05, 0.1) is 11.9 Å². The van der Waals surface area contributed by atoms with E-state index in [9.17, 15) is 14.0 Å². The molecule has 6 nitrogen and oxygen atoms in total. The molecule has 3 aromatic rings. The molecule has 2 N–H and O–H groups in total. The third kappa shape index (κ3) is 6.38. The highest BCUT2D eigenvalue weighted by Gasteiger charge is 2.10. The summed E-state index contributed by atoms with van der Waals surface area (Å²) in [5, 5.41) is 9.94. The van der Waals surface area contributed by atoms with Crippen LogP contribution in [0.1, 0.15) is 31.4 Å². The highest BCUT2D eigenvalue weighted by Crippen LogP contribution is 2.24. The maximum atomic E-state index is 13.2. The van der Waals surface area contributed by atoms with Crippen LogP contribution < -0.4 is 10.6 Å². The van der Waals surface area contributed by atoms with E-state index < -0.39 is 0 Å². The van der Waals surface area contributed by atoms with E-state index in [0.29, 0.717) is 24.6 Å². The lowest BCUT2D eigenvalue weighted by atomic mass is 10.1. The minimum atomic E-state index is -0.309. The number of aryl methyl sites for hydroxylation is 1. The second-order valence-corrected chi connectivity index (χ2v) is 7.97. The molecule has 1 heterocycles. The molecule has 7 heteroatoms. The number of hydrogen-bond acceptors (Lipinski definition) is 3. The maximum Gasteiger partial charge on any atom is 0.248 e. The van der Waals surface area contributed by atoms with Crippen LogP contribution in [0.25, 0.3) is 17.3 Å². The molecule has 0 aliphatic rings. The summed E-state index contributed by atoms with van der Waals surface area (Å²) in [6.45, 7) is 4.46. The Morgan fingerprint density at radius 2 is 1.78 bits per heavy atom. The van der Waals surface area contributed by atoms with Crippen LogP contribution in [-0.4, -0.2) is 21.6 Å². The number of rotatable bonds is 8. The van der Waals surface area contributed by atoms with Crippen LogP contribution in [0.15, 0.2) is 60.8 Å². The highest BCUT2D eigenvalue weighted by molar-refractivity contribution is 6.02. The molecule has 1 aromatic heterocycles. The van der Waals surface area contributed by atoms with Crippen molar-refractivity contribution in [2.45, 2.75) is 26.8 Å². The molecule has 0 aliphatic carbocycles. The topological polar surface area (TPSA) is 76.0 Å². The van der Waals surface area contributed by atoms with Gasteiger partial charge < -0.3 is 10.6 Å². The van der Waals surface area contributed by atoms with Gasteiger partial charge in [-0.3, -0.25) is 14.3 Å². The first-order valence-electron chi connectivity index (χ1n) is 10.4. The van der Waals surface area contributed by atoms with Gasteiger partial charge in [-0.15, -0.1) is 0 Å². The first kappa shape index (κ1) is 22.9. The van der Waals surface area contributed by atoms with Gasteiger partial charge in [0.15, 0.2) is 0 Å². The standard InChI is InChI=1S/C25H27FN4O2/c1-17(2)14-24(32)27-15-18-4-11-22(12-5-18)29-23(31)13-8-20-16-28-30(3)25(20)19-6-9-21(26)10-7-19/h4-13,16-17H,14-15H2,1-3H3,(H,27,32)(H,29,31)/b13-8+. The molecule has 0 aliphatic heterocycles. The van der Waals surface area contributed by atoms with Crippen molar-refractivity contribution >= 4 is 23.6 Å². The Kier molecular flexibility index (Phi) is 7.54. The molecular formula is C25H27FN4O2. The van der Waals surface area contributed by atoms with Crippen molar-refractivity contribution in [2.75, 3.05) is 5.32 Å². The van der Waals surface area contributed by atoms with Crippen molar-refractivity contribution in [3.05, 3.63) is 77.7 Å². The van der Waals surface area contributed by atoms with E-state index in [2.05, 4.69) is 15.7 Å². The Hall–Kier alpha value is -3.74. The number of benzene rings is 2. The molecule has 0 saturated heterocycles. The summed E-state index contributed by atoms with van der Waals surface area (Å²) in [5.41, 5.74) is 3.96. The van der Waals surface area contributed by atoms with Crippen LogP contribution in [0.2, 0.25) is 0 Å². The van der Waals surface area contributed by atoms with E-state index in [4.69, 9.17) is 0 Å². The van der Waals surface area contributed by atoms with Gasteiger partial charge >= 0.3 is 0 Å². The Labute approximate surface area is 187 Å². The summed E-state index contributed by atoms with van der Waals surface area (Å²) in [5.74, 6) is -0.245. The lowest BCUT2D eigenvalue weighted by molar-refractivity contribution is -0.122. The van der Waals surface area contributed by atoms with Gasteiger partial charge in [0.2, 0.25) is 11.8 Å². The third-order valence-corrected chi connectivity index (χ3v) is 4.80. The number of aromatic nitrogens is 2. The number of hydrogen-bond donors (Lipinski definition) is 2. The third-order valence-electron chi connectivity index (χ3n) is 4.80. The normalized spacial score (nSPS) is 11.2. The summed E-state index contributed by atoms with van der Waals surface area (Å²) >= 11 is 0. The first-order valence-corrected chi connectivity index (χ1v) is 10.4. The zero-order valence-corrected chi connectivity index (χ0v) is 18.4. The quantitative estimate of drug-likeness (QED) is 0.511. The van der Waals surface area contributed by atoms with E-state index in [1.54, 1.807) is 48.3 Å². The van der Waals surface area contributed by atoms with E-state index >= 15 is 0 Å². The molecule has 2 amide bonds. The van der Waals surface area contributed by atoms with Crippen molar-refractivity contribution in [3.63, 3.8) is 0 Å². The molecule has 0 atom stereocenters. The number of nitrogens with one attached hydrogen (secondary N) is 2. The van der Waals surface area contributed by atoms with Gasteiger partial charge in [-0.2, -0.15) is 5.10 Å². The van der Waals surface area contributed by atoms with Crippen molar-refractivity contribution in [1.29, 1.82) is 0 Å². The molecule has 0 spiro atoms. The van der Waals surface area contributed by atoms with Gasteiger partial charge in [0.1, 0.15) is 5.82 Å². The Morgan fingerprint density at radius 1 is 1.09 bits per heavy atom. The minimum absolute atomic E-state index is 0.0259. The van der Waals surface area contributed by atoms with Gasteiger partial charge in [-0.1, -0.05) is 26.0 Å². The largest absolute Gasteiger partial charge is 0.352 e. The summed E-state index contributed by atoms with van der Waals surface area (Å²) in [4.78, 5) is 24.1. The molecule has 0 bridgehead atoms. The first-order chi connectivity index (χ1) is 15.3. The fourth-order valence-corrected chi connectivity index (χ4v) is 3.24. The van der Waals surface area contributed by atoms with E-state index in [-0.39, 0.29) is 17.6 Å². The molecule has 166 valence electrons.